The first-order chi connectivity index (χ1) is 15.6. The molecule has 0 aliphatic carbocycles. The number of nitrogens with one attached hydrogen (secondary N) is 1. The minimum atomic E-state index is -0.381. The fourth-order valence-electron chi connectivity index (χ4n) is 3.19. The molecule has 160 valence electrons. The fraction of sp³-hybridized carbons (Fsp3) is 0.0800. The molecule has 7 heteroatoms. The second kappa shape index (κ2) is 9.94. The molecular weight excluding hydrogens is 424 g/mol. The predicted molar refractivity (Wildman–Crippen MR) is 126 cm³/mol. The van der Waals surface area contributed by atoms with Gasteiger partial charge in [0.25, 0.3) is 5.91 Å². The highest BCUT2D eigenvalue weighted by atomic mass is 35.5. The maximum atomic E-state index is 12.2. The molecule has 0 saturated carbocycles. The molecule has 0 aliphatic rings. The van der Waals surface area contributed by atoms with E-state index in [2.05, 4.69) is 15.6 Å². The third-order valence-electron chi connectivity index (χ3n) is 4.76. The smallest absolute Gasteiger partial charge is 0.277 e. The maximum absolute atomic E-state index is 12.2. The van der Waals surface area contributed by atoms with Gasteiger partial charge in [-0.1, -0.05) is 78.3 Å². The number of hydrogen-bond acceptors (Lipinski definition) is 4. The summed E-state index contributed by atoms with van der Waals surface area (Å²) in [5, 5.41) is 8.89. The number of amides is 1. The summed E-state index contributed by atoms with van der Waals surface area (Å²) in [5.41, 5.74) is 6.58. The highest BCUT2D eigenvalue weighted by molar-refractivity contribution is 6.32. The molecular formula is C25H21ClN4O2. The topological polar surface area (TPSA) is 68.5 Å². The molecule has 0 fully saturated rings. The Morgan fingerprint density at radius 1 is 1.03 bits per heavy atom. The molecule has 0 radical (unpaired) electrons. The largest absolute Gasteiger partial charge is 0.483 e. The first kappa shape index (κ1) is 21.3. The normalized spacial score (nSPS) is 10.9. The monoisotopic (exact) mass is 444 g/mol. The first-order valence-corrected chi connectivity index (χ1v) is 10.4. The van der Waals surface area contributed by atoms with Crippen molar-refractivity contribution in [2.75, 3.05) is 6.61 Å². The molecule has 4 aromatic rings. The summed E-state index contributed by atoms with van der Waals surface area (Å²) < 4.78 is 7.37. The first-order valence-electron chi connectivity index (χ1n) is 10.0. The second-order valence-corrected chi connectivity index (χ2v) is 7.34. The van der Waals surface area contributed by atoms with E-state index in [1.807, 2.05) is 91.9 Å². The van der Waals surface area contributed by atoms with Crippen LogP contribution < -0.4 is 10.2 Å². The van der Waals surface area contributed by atoms with E-state index in [0.717, 1.165) is 16.8 Å². The lowest BCUT2D eigenvalue weighted by molar-refractivity contribution is -0.123. The lowest BCUT2D eigenvalue weighted by atomic mass is 10.1. The van der Waals surface area contributed by atoms with Crippen LogP contribution in [-0.4, -0.2) is 28.5 Å². The van der Waals surface area contributed by atoms with Gasteiger partial charge in [0, 0.05) is 5.56 Å². The number of para-hydroxylation sites is 2. The Bertz CT molecular complexity index is 1240. The molecule has 1 N–H and O–H groups in total. The van der Waals surface area contributed by atoms with Crippen molar-refractivity contribution >= 4 is 23.7 Å². The van der Waals surface area contributed by atoms with Gasteiger partial charge < -0.3 is 4.74 Å². The van der Waals surface area contributed by atoms with Crippen molar-refractivity contribution < 1.29 is 9.53 Å². The number of aromatic nitrogens is 2. The van der Waals surface area contributed by atoms with E-state index in [9.17, 15) is 4.79 Å². The summed E-state index contributed by atoms with van der Waals surface area (Å²) in [6, 6.07) is 27.0. The molecule has 1 aromatic heterocycles. The Hall–Kier alpha value is -3.90. The van der Waals surface area contributed by atoms with E-state index < -0.39 is 0 Å². The van der Waals surface area contributed by atoms with Crippen molar-refractivity contribution in [3.63, 3.8) is 0 Å². The van der Waals surface area contributed by atoms with Crippen molar-refractivity contribution in [3.8, 4) is 22.6 Å². The number of ether oxygens (including phenoxy) is 1. The van der Waals surface area contributed by atoms with Gasteiger partial charge in [0.05, 0.1) is 23.2 Å². The van der Waals surface area contributed by atoms with Gasteiger partial charge in [0.2, 0.25) is 0 Å². The number of carbonyl (C=O) groups is 1. The number of nitrogens with zero attached hydrogens (tertiary/aromatic N) is 3. The van der Waals surface area contributed by atoms with Crippen LogP contribution in [0.15, 0.2) is 90.0 Å². The Balaban J connectivity index is 1.39. The van der Waals surface area contributed by atoms with Crippen LogP contribution in [0.2, 0.25) is 5.15 Å². The summed E-state index contributed by atoms with van der Waals surface area (Å²) in [6.07, 6.45) is 1.49. The zero-order valence-electron chi connectivity index (χ0n) is 17.4. The van der Waals surface area contributed by atoms with Crippen LogP contribution in [0.25, 0.3) is 16.8 Å². The number of rotatable bonds is 7. The summed E-state index contributed by atoms with van der Waals surface area (Å²) >= 11 is 6.47. The van der Waals surface area contributed by atoms with Gasteiger partial charge in [0.1, 0.15) is 10.9 Å². The lowest BCUT2D eigenvalue weighted by Crippen LogP contribution is -2.24. The third kappa shape index (κ3) is 4.87. The quantitative estimate of drug-likeness (QED) is 0.321. The van der Waals surface area contributed by atoms with Crippen LogP contribution >= 0.6 is 11.6 Å². The van der Waals surface area contributed by atoms with Crippen molar-refractivity contribution in [2.24, 2.45) is 5.10 Å². The number of hydrazone groups is 1. The van der Waals surface area contributed by atoms with Gasteiger partial charge in [-0.05, 0) is 30.7 Å². The minimum absolute atomic E-state index is 0.169. The molecule has 0 unspecified atom stereocenters. The summed E-state index contributed by atoms with van der Waals surface area (Å²) in [5.74, 6) is 0.245. The Morgan fingerprint density at radius 2 is 1.69 bits per heavy atom. The molecule has 0 spiro atoms. The highest BCUT2D eigenvalue weighted by Gasteiger charge is 2.13. The van der Waals surface area contributed by atoms with Crippen molar-refractivity contribution in [2.45, 2.75) is 6.92 Å². The molecule has 3 aromatic carbocycles. The zero-order valence-corrected chi connectivity index (χ0v) is 18.2. The predicted octanol–water partition coefficient (Wildman–Crippen LogP) is 5.03. The Labute approximate surface area is 191 Å². The van der Waals surface area contributed by atoms with Crippen LogP contribution in [0.1, 0.15) is 11.3 Å². The van der Waals surface area contributed by atoms with E-state index in [0.29, 0.717) is 22.2 Å². The van der Waals surface area contributed by atoms with E-state index in [4.69, 9.17) is 16.3 Å². The summed E-state index contributed by atoms with van der Waals surface area (Å²) in [7, 11) is 0. The third-order valence-corrected chi connectivity index (χ3v) is 5.13. The average molecular weight is 445 g/mol. The minimum Gasteiger partial charge on any atom is -0.483 e. The zero-order chi connectivity index (χ0) is 22.3. The lowest BCUT2D eigenvalue weighted by Gasteiger charge is -2.10. The SMILES string of the molecule is Cc1nn(-c2ccccc2)c(Cl)c1/C=N\NC(=O)COc1ccccc1-c1ccccc1. The van der Waals surface area contributed by atoms with Crippen LogP contribution in [0.4, 0.5) is 0 Å². The molecule has 32 heavy (non-hydrogen) atoms. The fourth-order valence-corrected chi connectivity index (χ4v) is 3.51. The average Bonchev–Trinajstić information content (AvgIpc) is 3.12. The van der Waals surface area contributed by atoms with Crippen LogP contribution in [0, 0.1) is 6.92 Å². The van der Waals surface area contributed by atoms with E-state index in [1.54, 1.807) is 4.68 Å². The van der Waals surface area contributed by atoms with E-state index >= 15 is 0 Å². The molecule has 0 aliphatic heterocycles. The molecule has 1 amide bonds. The number of carbonyl (C=O) groups excluding carboxylic acids is 1. The van der Waals surface area contributed by atoms with Gasteiger partial charge in [-0.3, -0.25) is 4.79 Å². The van der Waals surface area contributed by atoms with Gasteiger partial charge in [-0.15, -0.1) is 0 Å². The van der Waals surface area contributed by atoms with Gasteiger partial charge in [0.15, 0.2) is 6.61 Å². The van der Waals surface area contributed by atoms with Crippen LogP contribution in [-0.2, 0) is 4.79 Å². The maximum Gasteiger partial charge on any atom is 0.277 e. The molecule has 0 atom stereocenters. The summed E-state index contributed by atoms with van der Waals surface area (Å²) in [6.45, 7) is 1.66. The van der Waals surface area contributed by atoms with E-state index in [-0.39, 0.29) is 12.5 Å². The number of hydrogen-bond donors (Lipinski definition) is 1. The molecule has 0 bridgehead atoms. The number of aryl methyl sites for hydroxylation is 1. The van der Waals surface area contributed by atoms with Gasteiger partial charge in [-0.2, -0.15) is 10.2 Å². The van der Waals surface area contributed by atoms with Crippen molar-refractivity contribution in [1.82, 2.24) is 15.2 Å². The van der Waals surface area contributed by atoms with Crippen molar-refractivity contribution in [3.05, 3.63) is 101 Å². The van der Waals surface area contributed by atoms with E-state index in [1.165, 1.54) is 6.21 Å². The highest BCUT2D eigenvalue weighted by Crippen LogP contribution is 2.29. The van der Waals surface area contributed by atoms with Gasteiger partial charge in [-0.25, -0.2) is 10.1 Å². The number of halogens is 1. The Morgan fingerprint density at radius 3 is 2.44 bits per heavy atom. The Kier molecular flexibility index (Phi) is 6.63. The molecule has 4 rings (SSSR count). The summed E-state index contributed by atoms with van der Waals surface area (Å²) in [4.78, 5) is 12.2. The molecule has 0 saturated heterocycles. The van der Waals surface area contributed by atoms with Crippen LogP contribution in [0.5, 0.6) is 5.75 Å². The van der Waals surface area contributed by atoms with Gasteiger partial charge >= 0.3 is 0 Å². The van der Waals surface area contributed by atoms with Crippen LogP contribution in [0.3, 0.4) is 0 Å². The number of benzene rings is 3. The van der Waals surface area contributed by atoms with Crippen molar-refractivity contribution in [1.29, 1.82) is 0 Å². The molecule has 6 nitrogen and oxygen atoms in total. The molecule has 1 heterocycles. The second-order valence-electron chi connectivity index (χ2n) is 6.98. The standard InChI is InChI=1S/C25H21ClN4O2/c1-18-22(25(26)30(29-18)20-12-6-3-7-13-20)16-27-28-24(31)17-32-23-15-9-8-14-21(23)19-10-4-2-5-11-19/h2-16H,17H2,1H3,(H,28,31)/b27-16-.